The van der Waals surface area contributed by atoms with Crippen molar-refractivity contribution in [3.8, 4) is 0 Å². The number of benzene rings is 1. The first-order chi connectivity index (χ1) is 8.74. The number of thioether (sulfide) groups is 1. The predicted octanol–water partition coefficient (Wildman–Crippen LogP) is 6.02. The van der Waals surface area contributed by atoms with Crippen LogP contribution in [0.25, 0.3) is 0 Å². The molecule has 0 amide bonds. The SMILES string of the molecule is C=CC(C)(C)CC[CH](Sc1ccccc1)[Sn]([CH3])([CH3])[CH3]. The molecule has 0 spiro atoms. The third-order valence-electron chi connectivity index (χ3n) is 3.59. The Balaban J connectivity index is 2.71. The molecule has 0 N–H and O–H groups in total. The zero-order chi connectivity index (χ0) is 14.5. The molecule has 0 radical (unpaired) electrons. The number of rotatable bonds is 7. The Morgan fingerprint density at radius 2 is 1.79 bits per heavy atom. The van der Waals surface area contributed by atoms with Crippen LogP contribution >= 0.6 is 11.8 Å². The van der Waals surface area contributed by atoms with Crippen molar-refractivity contribution in [2.45, 2.75) is 49.7 Å². The molecule has 0 aliphatic carbocycles. The van der Waals surface area contributed by atoms with Crippen LogP contribution in [-0.2, 0) is 0 Å². The van der Waals surface area contributed by atoms with Gasteiger partial charge in [0.25, 0.3) is 0 Å². The van der Waals surface area contributed by atoms with Crippen molar-refractivity contribution >= 4 is 30.1 Å². The van der Waals surface area contributed by atoms with E-state index in [1.165, 1.54) is 17.7 Å². The summed E-state index contributed by atoms with van der Waals surface area (Å²) in [5.41, 5.74) is 0.270. The Bertz CT molecular complexity index is 389. The molecule has 0 aliphatic heterocycles. The van der Waals surface area contributed by atoms with Crippen molar-refractivity contribution in [2.24, 2.45) is 5.41 Å². The van der Waals surface area contributed by atoms with E-state index in [-0.39, 0.29) is 5.41 Å². The van der Waals surface area contributed by atoms with Crippen molar-refractivity contribution in [1.29, 1.82) is 0 Å². The Hall–Kier alpha value is 0.109. The summed E-state index contributed by atoms with van der Waals surface area (Å²) >= 11 is 0.200. The summed E-state index contributed by atoms with van der Waals surface area (Å²) in [6, 6.07) is 10.9. The molecule has 1 atom stereocenters. The molecule has 0 nitrogen and oxygen atoms in total. The summed E-state index contributed by atoms with van der Waals surface area (Å²) in [6.07, 6.45) is 4.67. The maximum atomic E-state index is 3.97. The van der Waals surface area contributed by atoms with Crippen LogP contribution in [0.4, 0.5) is 0 Å². The monoisotopic (exact) mass is 384 g/mol. The molecule has 0 aromatic heterocycles. The molecule has 2 heteroatoms. The Labute approximate surface area is 127 Å². The maximum absolute atomic E-state index is 3.97. The molecule has 1 aromatic carbocycles. The van der Waals surface area contributed by atoms with Crippen LogP contribution in [0.5, 0.6) is 0 Å². The molecule has 106 valence electrons. The van der Waals surface area contributed by atoms with E-state index in [1.54, 1.807) is 0 Å². The van der Waals surface area contributed by atoms with Gasteiger partial charge in [-0.2, -0.15) is 0 Å². The van der Waals surface area contributed by atoms with Gasteiger partial charge < -0.3 is 0 Å². The average Bonchev–Trinajstić information content (AvgIpc) is 2.34. The van der Waals surface area contributed by atoms with Gasteiger partial charge in [0.2, 0.25) is 0 Å². The van der Waals surface area contributed by atoms with Gasteiger partial charge in [0, 0.05) is 0 Å². The summed E-state index contributed by atoms with van der Waals surface area (Å²) in [7, 11) is 0. The second kappa shape index (κ2) is 7.21. The Morgan fingerprint density at radius 3 is 2.26 bits per heavy atom. The van der Waals surface area contributed by atoms with Crippen LogP contribution in [0.2, 0.25) is 14.8 Å². The molecule has 19 heavy (non-hydrogen) atoms. The standard InChI is InChI=1S/C14H19S.3CH3.Sn/c1-4-14(2,3)11-8-12-15-13-9-6-5-7-10-13;;;;/h4-7,9-10,12H,1,8,11H2,2-3H3;3*1H3;. The summed E-state index contributed by atoms with van der Waals surface area (Å²) in [6.45, 7) is 8.55. The topological polar surface area (TPSA) is 0 Å². The molecule has 1 aromatic rings. The van der Waals surface area contributed by atoms with Gasteiger partial charge in [0.05, 0.1) is 0 Å². The fraction of sp³-hybridized carbons (Fsp3) is 0.529. The van der Waals surface area contributed by atoms with Crippen LogP contribution < -0.4 is 0 Å². The van der Waals surface area contributed by atoms with Crippen LogP contribution in [0, 0.1) is 5.41 Å². The van der Waals surface area contributed by atoms with E-state index in [9.17, 15) is 0 Å². The second-order valence-electron chi connectivity index (χ2n) is 7.02. The summed E-state index contributed by atoms with van der Waals surface area (Å²) in [5.74, 6) is 0. The minimum atomic E-state index is -1.91. The Morgan fingerprint density at radius 1 is 1.21 bits per heavy atom. The number of hydrogen-bond donors (Lipinski definition) is 0. The molecule has 0 fully saturated rings. The quantitative estimate of drug-likeness (QED) is 0.315. The first-order valence-corrected chi connectivity index (χ1v) is 18.2. The molecule has 1 rings (SSSR count). The molecule has 1 unspecified atom stereocenters. The van der Waals surface area contributed by atoms with Crippen molar-refractivity contribution in [1.82, 2.24) is 0 Å². The Kier molecular flexibility index (Phi) is 6.51. The fourth-order valence-electron chi connectivity index (χ4n) is 1.94. The van der Waals surface area contributed by atoms with Gasteiger partial charge in [-0.15, -0.1) is 0 Å². The fourth-order valence-corrected chi connectivity index (χ4v) is 10.2. The molecule has 0 aliphatic rings. The minimum absolute atomic E-state index is 0.270. The number of hydrogen-bond acceptors (Lipinski definition) is 1. The third-order valence-corrected chi connectivity index (χ3v) is 16.7. The van der Waals surface area contributed by atoms with Gasteiger partial charge in [-0.25, -0.2) is 0 Å². The van der Waals surface area contributed by atoms with Crippen molar-refractivity contribution in [3.63, 3.8) is 0 Å². The predicted molar refractivity (Wildman–Crippen MR) is 92.6 cm³/mol. The van der Waals surface area contributed by atoms with E-state index in [0.717, 1.165) is 3.27 Å². The van der Waals surface area contributed by atoms with Crippen LogP contribution in [0.3, 0.4) is 0 Å². The van der Waals surface area contributed by atoms with E-state index in [4.69, 9.17) is 0 Å². The van der Waals surface area contributed by atoms with Gasteiger partial charge in [-0.05, 0) is 0 Å². The molecule has 0 saturated heterocycles. The summed E-state index contributed by atoms with van der Waals surface area (Å²) in [4.78, 5) is 9.08. The van der Waals surface area contributed by atoms with Crippen LogP contribution in [-0.4, -0.2) is 21.6 Å². The average molecular weight is 383 g/mol. The molecular weight excluding hydrogens is 355 g/mol. The van der Waals surface area contributed by atoms with Gasteiger partial charge in [-0.3, -0.25) is 0 Å². The van der Waals surface area contributed by atoms with E-state index < -0.39 is 18.4 Å². The van der Waals surface area contributed by atoms with Gasteiger partial charge >= 0.3 is 128 Å². The number of allylic oxidation sites excluding steroid dienone is 1. The van der Waals surface area contributed by atoms with Crippen molar-refractivity contribution < 1.29 is 0 Å². The van der Waals surface area contributed by atoms with E-state index in [2.05, 4.69) is 83.4 Å². The van der Waals surface area contributed by atoms with E-state index in [0.29, 0.717) is 0 Å². The molecular formula is C17H28SSn. The third kappa shape index (κ3) is 6.39. The van der Waals surface area contributed by atoms with Gasteiger partial charge in [0.15, 0.2) is 0 Å². The summed E-state index contributed by atoms with van der Waals surface area (Å²) in [5, 5.41) is 0. The van der Waals surface area contributed by atoms with Crippen molar-refractivity contribution in [2.75, 3.05) is 0 Å². The van der Waals surface area contributed by atoms with Crippen LogP contribution in [0.1, 0.15) is 26.7 Å². The van der Waals surface area contributed by atoms with Gasteiger partial charge in [0.1, 0.15) is 0 Å². The molecule has 0 bridgehead atoms. The first kappa shape index (κ1) is 17.2. The van der Waals surface area contributed by atoms with E-state index >= 15 is 0 Å². The van der Waals surface area contributed by atoms with Gasteiger partial charge in [-0.1, -0.05) is 0 Å². The zero-order valence-corrected chi connectivity index (χ0v) is 16.7. The van der Waals surface area contributed by atoms with E-state index in [1.807, 2.05) is 0 Å². The second-order valence-corrected chi connectivity index (χ2v) is 25.0. The van der Waals surface area contributed by atoms with Crippen molar-refractivity contribution in [3.05, 3.63) is 43.0 Å². The molecule has 0 saturated carbocycles. The van der Waals surface area contributed by atoms with Crippen LogP contribution in [0.15, 0.2) is 47.9 Å². The summed E-state index contributed by atoms with van der Waals surface area (Å²) < 4.78 is 0.843. The normalized spacial score (nSPS) is 14.2. The zero-order valence-electron chi connectivity index (χ0n) is 13.1. The molecule has 0 heterocycles. The first-order valence-electron chi connectivity index (χ1n) is 7.10.